The van der Waals surface area contributed by atoms with Gasteiger partial charge in [-0.3, -0.25) is 4.79 Å². The molecule has 1 aliphatic carbocycles. The quantitative estimate of drug-likeness (QED) is 0.871. The second-order valence-corrected chi connectivity index (χ2v) is 5.93. The number of rotatable bonds is 3. The van der Waals surface area contributed by atoms with Crippen molar-refractivity contribution >= 4 is 5.91 Å². The molecule has 1 atom stereocenters. The lowest BCUT2D eigenvalue weighted by Crippen LogP contribution is -2.34. The van der Waals surface area contributed by atoms with E-state index in [1.165, 1.54) is 36.0 Å². The highest BCUT2D eigenvalue weighted by atomic mass is 16.1. The summed E-state index contributed by atoms with van der Waals surface area (Å²) in [5, 5.41) is 3.20. The summed E-state index contributed by atoms with van der Waals surface area (Å²) in [7, 11) is 0. The van der Waals surface area contributed by atoms with E-state index in [4.69, 9.17) is 0 Å². The molecule has 1 aromatic carbocycles. The SMILES string of the molecule is Cc1ccc(C)c([C@@H](C)NC(=O)C2CCCCC2)c1. The summed E-state index contributed by atoms with van der Waals surface area (Å²) in [6.07, 6.45) is 5.82. The molecule has 1 aromatic rings. The Hall–Kier alpha value is -1.31. The average Bonchev–Trinajstić information content (AvgIpc) is 2.42. The summed E-state index contributed by atoms with van der Waals surface area (Å²) in [4.78, 5) is 12.3. The van der Waals surface area contributed by atoms with Gasteiger partial charge >= 0.3 is 0 Å². The molecule has 1 amide bonds. The third-order valence-corrected chi connectivity index (χ3v) is 4.24. The molecule has 2 rings (SSSR count). The Labute approximate surface area is 116 Å². The first-order chi connectivity index (χ1) is 9.08. The van der Waals surface area contributed by atoms with Gasteiger partial charge in [0.25, 0.3) is 0 Å². The van der Waals surface area contributed by atoms with E-state index in [0.717, 1.165) is 12.8 Å². The van der Waals surface area contributed by atoms with Gasteiger partial charge in [-0.15, -0.1) is 0 Å². The molecule has 0 aromatic heterocycles. The van der Waals surface area contributed by atoms with Gasteiger partial charge in [0.1, 0.15) is 0 Å². The fraction of sp³-hybridized carbons (Fsp3) is 0.588. The highest BCUT2D eigenvalue weighted by Gasteiger charge is 2.22. The fourth-order valence-electron chi connectivity index (χ4n) is 3.00. The molecule has 0 aliphatic heterocycles. The fourth-order valence-corrected chi connectivity index (χ4v) is 3.00. The van der Waals surface area contributed by atoms with Crippen LogP contribution in [0.5, 0.6) is 0 Å². The molecule has 0 heterocycles. The Morgan fingerprint density at radius 2 is 1.89 bits per heavy atom. The average molecular weight is 259 g/mol. The van der Waals surface area contributed by atoms with Crippen LogP contribution in [0.4, 0.5) is 0 Å². The summed E-state index contributed by atoms with van der Waals surface area (Å²) in [5.74, 6) is 0.481. The monoisotopic (exact) mass is 259 g/mol. The van der Waals surface area contributed by atoms with E-state index in [0.29, 0.717) is 0 Å². The number of aryl methyl sites for hydroxylation is 2. The summed E-state index contributed by atoms with van der Waals surface area (Å²) < 4.78 is 0. The summed E-state index contributed by atoms with van der Waals surface area (Å²) in [6.45, 7) is 6.29. The van der Waals surface area contributed by atoms with E-state index in [1.807, 2.05) is 0 Å². The lowest BCUT2D eigenvalue weighted by molar-refractivity contribution is -0.126. The van der Waals surface area contributed by atoms with Crippen molar-refractivity contribution in [3.63, 3.8) is 0 Å². The first-order valence-electron chi connectivity index (χ1n) is 7.45. The van der Waals surface area contributed by atoms with Crippen molar-refractivity contribution in [1.82, 2.24) is 5.32 Å². The van der Waals surface area contributed by atoms with Gasteiger partial charge < -0.3 is 5.32 Å². The smallest absolute Gasteiger partial charge is 0.223 e. The number of carbonyl (C=O) groups excluding carboxylic acids is 1. The first-order valence-corrected chi connectivity index (χ1v) is 7.45. The number of hydrogen-bond acceptors (Lipinski definition) is 1. The van der Waals surface area contributed by atoms with E-state index >= 15 is 0 Å². The molecule has 2 nitrogen and oxygen atoms in total. The van der Waals surface area contributed by atoms with Crippen LogP contribution in [0.25, 0.3) is 0 Å². The minimum Gasteiger partial charge on any atom is -0.349 e. The van der Waals surface area contributed by atoms with Gasteiger partial charge in [0.15, 0.2) is 0 Å². The summed E-state index contributed by atoms with van der Waals surface area (Å²) in [5.41, 5.74) is 3.74. The molecule has 1 aliphatic rings. The molecule has 104 valence electrons. The molecule has 2 heteroatoms. The Kier molecular flexibility index (Phi) is 4.62. The van der Waals surface area contributed by atoms with Crippen LogP contribution in [0, 0.1) is 19.8 Å². The van der Waals surface area contributed by atoms with Crippen LogP contribution >= 0.6 is 0 Å². The molecule has 0 bridgehead atoms. The van der Waals surface area contributed by atoms with Gasteiger partial charge in [0.05, 0.1) is 6.04 Å². The van der Waals surface area contributed by atoms with Crippen LogP contribution in [0.2, 0.25) is 0 Å². The second kappa shape index (κ2) is 6.23. The van der Waals surface area contributed by atoms with Gasteiger partial charge in [-0.2, -0.15) is 0 Å². The molecule has 1 saturated carbocycles. The van der Waals surface area contributed by atoms with Crippen molar-refractivity contribution in [3.05, 3.63) is 34.9 Å². The maximum absolute atomic E-state index is 12.3. The Morgan fingerprint density at radius 3 is 2.58 bits per heavy atom. The lowest BCUT2D eigenvalue weighted by atomic mass is 9.88. The molecule has 1 fully saturated rings. The molecule has 0 saturated heterocycles. The van der Waals surface area contributed by atoms with E-state index in [2.05, 4.69) is 44.3 Å². The molecular formula is C17H25NO. The van der Waals surface area contributed by atoms with Gasteiger partial charge in [-0.05, 0) is 44.7 Å². The Morgan fingerprint density at radius 1 is 1.21 bits per heavy atom. The van der Waals surface area contributed by atoms with Crippen LogP contribution in [-0.2, 0) is 4.79 Å². The minimum absolute atomic E-state index is 0.106. The number of nitrogens with one attached hydrogen (secondary N) is 1. The normalized spacial score (nSPS) is 18.1. The molecule has 0 unspecified atom stereocenters. The summed E-state index contributed by atoms with van der Waals surface area (Å²) >= 11 is 0. The van der Waals surface area contributed by atoms with Gasteiger partial charge in [0, 0.05) is 5.92 Å². The van der Waals surface area contributed by atoms with Crippen molar-refractivity contribution < 1.29 is 4.79 Å². The standard InChI is InChI=1S/C17H25NO/c1-12-9-10-13(2)16(11-12)14(3)18-17(19)15-7-5-4-6-8-15/h9-11,14-15H,4-8H2,1-3H3,(H,18,19)/t14-/m1/s1. The van der Waals surface area contributed by atoms with Crippen LogP contribution in [0.1, 0.15) is 61.8 Å². The number of amides is 1. The molecular weight excluding hydrogens is 234 g/mol. The van der Waals surface area contributed by atoms with E-state index in [-0.39, 0.29) is 17.9 Å². The zero-order valence-electron chi connectivity index (χ0n) is 12.3. The van der Waals surface area contributed by atoms with Crippen LogP contribution < -0.4 is 5.32 Å². The number of benzene rings is 1. The maximum atomic E-state index is 12.3. The zero-order chi connectivity index (χ0) is 13.8. The van der Waals surface area contributed by atoms with Gasteiger partial charge in [0.2, 0.25) is 5.91 Å². The predicted molar refractivity (Wildman–Crippen MR) is 79.0 cm³/mol. The van der Waals surface area contributed by atoms with Gasteiger partial charge in [-0.1, -0.05) is 43.0 Å². The van der Waals surface area contributed by atoms with Crippen LogP contribution in [0.15, 0.2) is 18.2 Å². The molecule has 1 N–H and O–H groups in total. The topological polar surface area (TPSA) is 29.1 Å². The predicted octanol–water partition coefficient (Wildman–Crippen LogP) is 4.06. The molecule has 0 radical (unpaired) electrons. The Bertz CT molecular complexity index is 447. The van der Waals surface area contributed by atoms with Crippen molar-refractivity contribution in [2.45, 2.75) is 58.9 Å². The largest absolute Gasteiger partial charge is 0.349 e. The number of hydrogen-bond donors (Lipinski definition) is 1. The summed E-state index contributed by atoms with van der Waals surface area (Å²) in [6, 6.07) is 6.54. The van der Waals surface area contributed by atoms with Crippen molar-refractivity contribution in [2.24, 2.45) is 5.92 Å². The Balaban J connectivity index is 2.01. The van der Waals surface area contributed by atoms with Crippen molar-refractivity contribution in [2.75, 3.05) is 0 Å². The first kappa shape index (κ1) is 14.1. The minimum atomic E-state index is 0.106. The van der Waals surface area contributed by atoms with Crippen molar-refractivity contribution in [3.8, 4) is 0 Å². The molecule has 0 spiro atoms. The second-order valence-electron chi connectivity index (χ2n) is 5.93. The highest BCUT2D eigenvalue weighted by molar-refractivity contribution is 5.79. The maximum Gasteiger partial charge on any atom is 0.223 e. The third-order valence-electron chi connectivity index (χ3n) is 4.24. The highest BCUT2D eigenvalue weighted by Crippen LogP contribution is 2.25. The van der Waals surface area contributed by atoms with Crippen molar-refractivity contribution in [1.29, 1.82) is 0 Å². The zero-order valence-corrected chi connectivity index (χ0v) is 12.3. The molecule has 19 heavy (non-hydrogen) atoms. The number of carbonyl (C=O) groups is 1. The lowest BCUT2D eigenvalue weighted by Gasteiger charge is -2.24. The van der Waals surface area contributed by atoms with Crippen LogP contribution in [-0.4, -0.2) is 5.91 Å². The van der Waals surface area contributed by atoms with Gasteiger partial charge in [-0.25, -0.2) is 0 Å². The third kappa shape index (κ3) is 3.59. The van der Waals surface area contributed by atoms with E-state index in [9.17, 15) is 4.79 Å². The van der Waals surface area contributed by atoms with Crippen LogP contribution in [0.3, 0.4) is 0 Å². The van der Waals surface area contributed by atoms with E-state index < -0.39 is 0 Å². The van der Waals surface area contributed by atoms with E-state index in [1.54, 1.807) is 0 Å².